The number of rotatable bonds is 3. The highest BCUT2D eigenvalue weighted by molar-refractivity contribution is 5.92. The van der Waals surface area contributed by atoms with Crippen LogP contribution in [-0.4, -0.2) is 41.7 Å². The van der Waals surface area contributed by atoms with E-state index in [1.807, 2.05) is 54.9 Å². The molecule has 0 N–H and O–H groups in total. The Morgan fingerprint density at radius 3 is 2.67 bits per heavy atom. The molecule has 8 nitrogen and oxygen atoms in total. The van der Waals surface area contributed by atoms with Crippen molar-refractivity contribution in [2.75, 3.05) is 6.54 Å². The normalized spacial score (nSPS) is 13.1. The maximum Gasteiger partial charge on any atom is 0.274 e. The molecule has 0 atom stereocenters. The molecule has 0 saturated carbocycles. The van der Waals surface area contributed by atoms with E-state index in [4.69, 9.17) is 0 Å². The molecule has 5 rings (SSSR count). The molecule has 0 unspecified atom stereocenters. The molecular weight excluding hydrogens is 416 g/mol. The molecule has 0 saturated heterocycles. The van der Waals surface area contributed by atoms with E-state index in [-0.39, 0.29) is 11.5 Å². The van der Waals surface area contributed by atoms with Crippen molar-refractivity contribution in [1.82, 2.24) is 29.2 Å². The summed E-state index contributed by atoms with van der Waals surface area (Å²) < 4.78 is 3.59. The van der Waals surface area contributed by atoms with Crippen LogP contribution in [0.5, 0.6) is 0 Å². The first-order chi connectivity index (χ1) is 15.9. The van der Waals surface area contributed by atoms with Crippen LogP contribution < -0.4 is 5.56 Å². The van der Waals surface area contributed by atoms with Crippen LogP contribution in [0.1, 0.15) is 33.1 Å². The molecule has 0 spiro atoms. The molecule has 8 heteroatoms. The van der Waals surface area contributed by atoms with Gasteiger partial charge in [0.05, 0.1) is 17.6 Å². The van der Waals surface area contributed by atoms with Gasteiger partial charge in [0.25, 0.3) is 11.5 Å². The Morgan fingerprint density at radius 2 is 1.94 bits per heavy atom. The molecule has 0 bridgehead atoms. The van der Waals surface area contributed by atoms with Gasteiger partial charge in [-0.25, -0.2) is 9.67 Å². The van der Waals surface area contributed by atoms with Gasteiger partial charge in [0.15, 0.2) is 0 Å². The van der Waals surface area contributed by atoms with E-state index in [1.165, 1.54) is 12.4 Å². The van der Waals surface area contributed by atoms with Crippen LogP contribution in [0.25, 0.3) is 16.8 Å². The Kier molecular flexibility index (Phi) is 5.12. The van der Waals surface area contributed by atoms with Crippen LogP contribution in [-0.2, 0) is 20.0 Å². The first kappa shape index (κ1) is 20.8. The maximum absolute atomic E-state index is 13.2. The number of aromatic nitrogens is 5. The number of carbonyl (C=O) groups excluding carboxylic acids is 1. The van der Waals surface area contributed by atoms with Crippen LogP contribution in [0, 0.1) is 13.8 Å². The Bertz CT molecular complexity index is 1420. The quantitative estimate of drug-likeness (QED) is 0.489. The highest BCUT2D eigenvalue weighted by Crippen LogP contribution is 2.26. The highest BCUT2D eigenvalue weighted by atomic mass is 16.2. The third kappa shape index (κ3) is 3.73. The minimum atomic E-state index is -0.157. The van der Waals surface area contributed by atoms with Gasteiger partial charge in [0.2, 0.25) is 0 Å². The number of hydrogen-bond donors (Lipinski definition) is 0. The smallest absolute Gasteiger partial charge is 0.274 e. The standard InChI is InChI=1S/C25H24N6O2/c1-16-11-17(2)31(28-16)20-6-4-5-18(12-20)21-13-19-15-30(10-7-23(19)29(3)24(21)32)25(33)22-14-26-8-9-27-22/h4-6,8-9,11-14H,7,10,15H2,1-3H3. The van der Waals surface area contributed by atoms with Gasteiger partial charge >= 0.3 is 0 Å². The Labute approximate surface area is 191 Å². The molecule has 0 fully saturated rings. The lowest BCUT2D eigenvalue weighted by Gasteiger charge is -2.30. The Morgan fingerprint density at radius 1 is 1.09 bits per heavy atom. The van der Waals surface area contributed by atoms with Crippen LogP contribution in [0.4, 0.5) is 0 Å². The molecule has 33 heavy (non-hydrogen) atoms. The fourth-order valence-electron chi connectivity index (χ4n) is 4.48. The van der Waals surface area contributed by atoms with Crippen molar-refractivity contribution in [2.45, 2.75) is 26.8 Å². The number of aryl methyl sites for hydroxylation is 2. The van der Waals surface area contributed by atoms with E-state index in [0.29, 0.717) is 30.8 Å². The van der Waals surface area contributed by atoms with E-state index in [9.17, 15) is 9.59 Å². The molecule has 1 aliphatic heterocycles. The van der Waals surface area contributed by atoms with Gasteiger partial charge in [-0.15, -0.1) is 0 Å². The number of hydrogen-bond acceptors (Lipinski definition) is 5. The van der Waals surface area contributed by atoms with Crippen molar-refractivity contribution in [2.24, 2.45) is 7.05 Å². The molecule has 0 aliphatic carbocycles. The lowest BCUT2D eigenvalue weighted by atomic mass is 9.98. The monoisotopic (exact) mass is 440 g/mol. The summed E-state index contributed by atoms with van der Waals surface area (Å²) in [6.07, 6.45) is 5.15. The van der Waals surface area contributed by atoms with Gasteiger partial charge in [-0.05, 0) is 49.2 Å². The number of fused-ring (bicyclic) bond motifs is 1. The second kappa shape index (κ2) is 8.12. The Hall–Kier alpha value is -4.07. The molecule has 1 aliphatic rings. The van der Waals surface area contributed by atoms with Crippen LogP contribution >= 0.6 is 0 Å². The number of benzene rings is 1. The van der Waals surface area contributed by atoms with E-state index in [0.717, 1.165) is 33.9 Å². The van der Waals surface area contributed by atoms with E-state index < -0.39 is 0 Å². The van der Waals surface area contributed by atoms with Gasteiger partial charge in [0.1, 0.15) is 5.69 Å². The summed E-state index contributed by atoms with van der Waals surface area (Å²) in [6.45, 7) is 4.92. The summed E-state index contributed by atoms with van der Waals surface area (Å²) in [7, 11) is 1.80. The third-order valence-electron chi connectivity index (χ3n) is 6.09. The molecule has 3 aromatic heterocycles. The number of carbonyl (C=O) groups is 1. The average molecular weight is 441 g/mol. The van der Waals surface area contributed by atoms with E-state index in [2.05, 4.69) is 15.1 Å². The minimum absolute atomic E-state index is 0.0482. The summed E-state index contributed by atoms with van der Waals surface area (Å²) in [6, 6.07) is 11.8. The second-order valence-electron chi connectivity index (χ2n) is 8.35. The molecule has 1 amide bonds. The molecule has 0 radical (unpaired) electrons. The first-order valence-corrected chi connectivity index (χ1v) is 10.8. The zero-order valence-corrected chi connectivity index (χ0v) is 18.8. The van der Waals surface area contributed by atoms with Gasteiger partial charge < -0.3 is 9.47 Å². The van der Waals surface area contributed by atoms with Crippen molar-refractivity contribution in [3.63, 3.8) is 0 Å². The zero-order valence-electron chi connectivity index (χ0n) is 18.8. The summed E-state index contributed by atoms with van der Waals surface area (Å²) in [5, 5.41) is 4.56. The number of pyridine rings is 1. The van der Waals surface area contributed by atoms with Gasteiger partial charge in [-0.1, -0.05) is 12.1 Å². The van der Waals surface area contributed by atoms with Crippen molar-refractivity contribution in [3.05, 3.63) is 93.7 Å². The van der Waals surface area contributed by atoms with E-state index >= 15 is 0 Å². The van der Waals surface area contributed by atoms with Crippen molar-refractivity contribution in [1.29, 1.82) is 0 Å². The van der Waals surface area contributed by atoms with Gasteiger partial charge in [0, 0.05) is 55.9 Å². The maximum atomic E-state index is 13.2. The lowest BCUT2D eigenvalue weighted by molar-refractivity contribution is 0.0726. The summed E-state index contributed by atoms with van der Waals surface area (Å²) >= 11 is 0. The van der Waals surface area contributed by atoms with Crippen molar-refractivity contribution >= 4 is 5.91 Å². The SMILES string of the molecule is Cc1cc(C)n(-c2cccc(-c3cc4c(n(C)c3=O)CCN(C(=O)c3cnccn3)C4)c2)n1. The molecule has 1 aromatic carbocycles. The summed E-state index contributed by atoms with van der Waals surface area (Å²) in [5.41, 5.74) is 6.49. The highest BCUT2D eigenvalue weighted by Gasteiger charge is 2.25. The number of amides is 1. The fraction of sp³-hybridized carbons (Fsp3) is 0.240. The van der Waals surface area contributed by atoms with Crippen LogP contribution in [0.2, 0.25) is 0 Å². The molecule has 166 valence electrons. The lowest BCUT2D eigenvalue weighted by Crippen LogP contribution is -2.39. The summed E-state index contributed by atoms with van der Waals surface area (Å²) in [4.78, 5) is 36.0. The predicted molar refractivity (Wildman–Crippen MR) is 124 cm³/mol. The summed E-state index contributed by atoms with van der Waals surface area (Å²) in [5.74, 6) is -0.157. The van der Waals surface area contributed by atoms with Gasteiger partial charge in [-0.2, -0.15) is 5.10 Å². The largest absolute Gasteiger partial charge is 0.332 e. The van der Waals surface area contributed by atoms with Crippen LogP contribution in [0.15, 0.2) is 59.8 Å². The van der Waals surface area contributed by atoms with Crippen LogP contribution in [0.3, 0.4) is 0 Å². The predicted octanol–water partition coefficient (Wildman–Crippen LogP) is 2.84. The molecule has 4 aromatic rings. The van der Waals surface area contributed by atoms with Gasteiger partial charge in [-0.3, -0.25) is 14.6 Å². The fourth-order valence-corrected chi connectivity index (χ4v) is 4.48. The van der Waals surface area contributed by atoms with Crippen molar-refractivity contribution < 1.29 is 4.79 Å². The topological polar surface area (TPSA) is 85.9 Å². The Balaban J connectivity index is 1.53. The molecular formula is C25H24N6O2. The third-order valence-corrected chi connectivity index (χ3v) is 6.09. The average Bonchev–Trinajstić information content (AvgIpc) is 3.19. The molecule has 4 heterocycles. The van der Waals surface area contributed by atoms with E-state index in [1.54, 1.807) is 22.7 Å². The van der Waals surface area contributed by atoms with Crippen molar-refractivity contribution in [3.8, 4) is 16.8 Å². The first-order valence-electron chi connectivity index (χ1n) is 10.8. The number of nitrogens with zero attached hydrogens (tertiary/aromatic N) is 6. The second-order valence-corrected chi connectivity index (χ2v) is 8.35. The zero-order chi connectivity index (χ0) is 23.1. The minimum Gasteiger partial charge on any atom is -0.332 e.